The quantitative estimate of drug-likeness (QED) is 0.820. The van der Waals surface area contributed by atoms with Crippen LogP contribution in [-0.2, 0) is 9.47 Å². The second-order valence-electron chi connectivity index (χ2n) is 6.33. The highest BCUT2D eigenvalue weighted by molar-refractivity contribution is 5.97. The summed E-state index contributed by atoms with van der Waals surface area (Å²) in [5.41, 5.74) is -0.00276. The fourth-order valence-corrected chi connectivity index (χ4v) is 3.30. The molecule has 138 valence electrons. The average molecular weight is 352 g/mol. The molecule has 1 aromatic carbocycles. The lowest BCUT2D eigenvalue weighted by molar-refractivity contribution is -0.0112. The van der Waals surface area contributed by atoms with Crippen molar-refractivity contribution in [2.45, 2.75) is 12.5 Å². The van der Waals surface area contributed by atoms with Crippen LogP contribution in [0.1, 0.15) is 16.8 Å². The Labute approximate surface area is 147 Å². The normalized spacial score (nSPS) is 22.5. The summed E-state index contributed by atoms with van der Waals surface area (Å²) in [5, 5.41) is 0. The van der Waals surface area contributed by atoms with E-state index < -0.39 is 5.82 Å². The van der Waals surface area contributed by atoms with E-state index in [1.165, 1.54) is 19.2 Å². The molecule has 2 heterocycles. The van der Waals surface area contributed by atoms with E-state index in [2.05, 4.69) is 4.90 Å². The Bertz CT molecular complexity index is 592. The van der Waals surface area contributed by atoms with Crippen LogP contribution in [0.25, 0.3) is 0 Å². The topological polar surface area (TPSA) is 51.2 Å². The molecule has 6 nitrogen and oxygen atoms in total. The lowest BCUT2D eigenvalue weighted by atomic mass is 10.1. The third-order valence-electron chi connectivity index (χ3n) is 4.61. The van der Waals surface area contributed by atoms with E-state index in [-0.39, 0.29) is 23.3 Å². The van der Waals surface area contributed by atoms with E-state index in [0.29, 0.717) is 19.7 Å². The molecule has 2 fully saturated rings. The number of hydrogen-bond donors (Lipinski definition) is 0. The smallest absolute Gasteiger partial charge is 0.260 e. The van der Waals surface area contributed by atoms with E-state index in [1.54, 1.807) is 11.0 Å². The number of nitrogens with zero attached hydrogens (tertiary/aromatic N) is 2. The van der Waals surface area contributed by atoms with Crippen LogP contribution in [0.2, 0.25) is 0 Å². The predicted molar refractivity (Wildman–Crippen MR) is 90.5 cm³/mol. The van der Waals surface area contributed by atoms with Gasteiger partial charge in [0.15, 0.2) is 0 Å². The van der Waals surface area contributed by atoms with Crippen LogP contribution >= 0.6 is 0 Å². The molecule has 0 radical (unpaired) electrons. The molecule has 1 aromatic rings. The van der Waals surface area contributed by atoms with Crippen molar-refractivity contribution < 1.29 is 23.4 Å². The third kappa shape index (κ3) is 4.48. The van der Waals surface area contributed by atoms with Crippen LogP contribution in [-0.4, -0.2) is 81.5 Å². The number of morpholine rings is 1. The molecule has 0 aromatic heterocycles. The Morgan fingerprint density at radius 3 is 2.84 bits per heavy atom. The second-order valence-corrected chi connectivity index (χ2v) is 6.33. The monoisotopic (exact) mass is 352 g/mol. The molecule has 0 aliphatic carbocycles. The lowest BCUT2D eigenvalue weighted by Gasteiger charge is -2.31. The molecule has 1 amide bonds. The van der Waals surface area contributed by atoms with Gasteiger partial charge >= 0.3 is 0 Å². The van der Waals surface area contributed by atoms with Gasteiger partial charge in [0.1, 0.15) is 17.1 Å². The molecule has 2 aliphatic heterocycles. The summed E-state index contributed by atoms with van der Waals surface area (Å²) < 4.78 is 30.7. The molecular formula is C18H25FN2O4. The molecule has 1 atom stereocenters. The Morgan fingerprint density at radius 2 is 2.08 bits per heavy atom. The van der Waals surface area contributed by atoms with Crippen molar-refractivity contribution in [1.82, 2.24) is 9.80 Å². The minimum absolute atomic E-state index is 0.00276. The van der Waals surface area contributed by atoms with Gasteiger partial charge in [-0.3, -0.25) is 9.69 Å². The molecule has 7 heteroatoms. The zero-order valence-electron chi connectivity index (χ0n) is 14.6. The van der Waals surface area contributed by atoms with Crippen molar-refractivity contribution in [3.8, 4) is 5.75 Å². The summed E-state index contributed by atoms with van der Waals surface area (Å²) in [6.45, 7) is 5.55. The van der Waals surface area contributed by atoms with Crippen LogP contribution in [0, 0.1) is 5.82 Å². The number of benzene rings is 1. The van der Waals surface area contributed by atoms with Crippen LogP contribution < -0.4 is 4.74 Å². The van der Waals surface area contributed by atoms with Crippen molar-refractivity contribution in [2.24, 2.45) is 0 Å². The second kappa shape index (κ2) is 8.60. The molecule has 2 saturated heterocycles. The average Bonchev–Trinajstić information content (AvgIpc) is 2.87. The highest BCUT2D eigenvalue weighted by atomic mass is 19.1. The van der Waals surface area contributed by atoms with E-state index in [1.807, 2.05) is 0 Å². The summed E-state index contributed by atoms with van der Waals surface area (Å²) in [5.74, 6) is -0.633. The first-order chi connectivity index (χ1) is 12.2. The number of methoxy groups -OCH3 is 1. The van der Waals surface area contributed by atoms with E-state index in [4.69, 9.17) is 14.2 Å². The first-order valence-electron chi connectivity index (χ1n) is 8.72. The minimum atomic E-state index is -0.556. The standard InChI is InChI=1S/C18H25FN2O4/c1-23-16-5-2-4-15(19)17(16)18(22)21-6-3-9-25-14(13-21)12-20-7-10-24-11-8-20/h2,4-5,14H,3,6-13H2,1H3/t14-/m0/s1. The van der Waals surface area contributed by atoms with Gasteiger partial charge in [-0.2, -0.15) is 0 Å². The van der Waals surface area contributed by atoms with Crippen LogP contribution in [0.4, 0.5) is 4.39 Å². The summed E-state index contributed by atoms with van der Waals surface area (Å²) in [4.78, 5) is 16.9. The molecule has 2 aliphatic rings. The number of amides is 1. The summed E-state index contributed by atoms with van der Waals surface area (Å²) in [6, 6.07) is 4.43. The molecule has 3 rings (SSSR count). The maximum Gasteiger partial charge on any atom is 0.260 e. The molecule has 0 spiro atoms. The SMILES string of the molecule is COc1cccc(F)c1C(=O)N1CCCO[C@@H](CN2CCOCC2)C1. The van der Waals surface area contributed by atoms with Gasteiger partial charge in [0.25, 0.3) is 5.91 Å². The van der Waals surface area contributed by atoms with Gasteiger partial charge in [0.2, 0.25) is 0 Å². The largest absolute Gasteiger partial charge is 0.496 e. The zero-order valence-corrected chi connectivity index (χ0v) is 14.6. The van der Waals surface area contributed by atoms with Crippen LogP contribution in [0.15, 0.2) is 18.2 Å². The summed E-state index contributed by atoms with van der Waals surface area (Å²) in [7, 11) is 1.44. The van der Waals surface area contributed by atoms with Gasteiger partial charge < -0.3 is 19.1 Å². The molecule has 25 heavy (non-hydrogen) atoms. The van der Waals surface area contributed by atoms with Crippen LogP contribution in [0.5, 0.6) is 5.75 Å². The number of halogens is 1. The molecule has 0 bridgehead atoms. The highest BCUT2D eigenvalue weighted by Gasteiger charge is 2.28. The molecule has 0 N–H and O–H groups in total. The number of carbonyl (C=O) groups is 1. The zero-order chi connectivity index (χ0) is 17.6. The summed E-state index contributed by atoms with van der Waals surface area (Å²) in [6.07, 6.45) is 0.657. The predicted octanol–water partition coefficient (Wildman–Crippen LogP) is 1.40. The van der Waals surface area contributed by atoms with E-state index in [0.717, 1.165) is 39.3 Å². The third-order valence-corrected chi connectivity index (χ3v) is 4.61. The maximum atomic E-state index is 14.2. The lowest BCUT2D eigenvalue weighted by Crippen LogP contribution is -2.46. The first-order valence-corrected chi connectivity index (χ1v) is 8.72. The van der Waals surface area contributed by atoms with Gasteiger partial charge in [-0.1, -0.05) is 6.07 Å². The summed E-state index contributed by atoms with van der Waals surface area (Å²) >= 11 is 0. The first kappa shape index (κ1) is 18.1. The number of ether oxygens (including phenoxy) is 3. The van der Waals surface area contributed by atoms with Crippen molar-refractivity contribution in [3.05, 3.63) is 29.6 Å². The Kier molecular flexibility index (Phi) is 6.23. The maximum absolute atomic E-state index is 14.2. The van der Waals surface area contributed by atoms with Gasteiger partial charge in [-0.25, -0.2) is 4.39 Å². The fraction of sp³-hybridized carbons (Fsp3) is 0.611. The van der Waals surface area contributed by atoms with Gasteiger partial charge in [0.05, 0.1) is 26.4 Å². The Morgan fingerprint density at radius 1 is 1.28 bits per heavy atom. The minimum Gasteiger partial charge on any atom is -0.496 e. The molecule has 0 unspecified atom stereocenters. The number of carbonyl (C=O) groups excluding carboxylic acids is 1. The van der Waals surface area contributed by atoms with Crippen molar-refractivity contribution in [1.29, 1.82) is 0 Å². The molecular weight excluding hydrogens is 327 g/mol. The van der Waals surface area contributed by atoms with Crippen molar-refractivity contribution in [3.63, 3.8) is 0 Å². The van der Waals surface area contributed by atoms with Crippen molar-refractivity contribution in [2.75, 3.05) is 59.7 Å². The number of hydrogen-bond acceptors (Lipinski definition) is 5. The Hall–Kier alpha value is -1.70. The van der Waals surface area contributed by atoms with E-state index in [9.17, 15) is 9.18 Å². The molecule has 0 saturated carbocycles. The van der Waals surface area contributed by atoms with Gasteiger partial charge in [-0.05, 0) is 18.6 Å². The van der Waals surface area contributed by atoms with E-state index >= 15 is 0 Å². The van der Waals surface area contributed by atoms with Crippen LogP contribution in [0.3, 0.4) is 0 Å². The van der Waals surface area contributed by atoms with Gasteiger partial charge in [-0.15, -0.1) is 0 Å². The van der Waals surface area contributed by atoms with Crippen molar-refractivity contribution >= 4 is 5.91 Å². The fourth-order valence-electron chi connectivity index (χ4n) is 3.30. The Balaban J connectivity index is 1.71. The highest BCUT2D eigenvalue weighted by Crippen LogP contribution is 2.24. The number of rotatable bonds is 4. The van der Waals surface area contributed by atoms with Gasteiger partial charge in [0, 0.05) is 39.3 Å².